The van der Waals surface area contributed by atoms with E-state index >= 15 is 0 Å². The van der Waals surface area contributed by atoms with Gasteiger partial charge in [0.25, 0.3) is 0 Å². The maximum atomic E-state index is 14.1. The normalized spacial score (nSPS) is 25.8. The van der Waals surface area contributed by atoms with Crippen molar-refractivity contribution in [2.45, 2.75) is 127 Å². The second-order valence-electron chi connectivity index (χ2n) is 12.6. The quantitative estimate of drug-likeness (QED) is 0.381. The third-order valence-corrected chi connectivity index (χ3v) is 10.2. The minimum Gasteiger partial charge on any atom is -0.341 e. The van der Waals surface area contributed by atoms with Crippen LogP contribution in [0.3, 0.4) is 0 Å². The van der Waals surface area contributed by atoms with E-state index in [-0.39, 0.29) is 36.4 Å². The Morgan fingerprint density at radius 3 is 2.10 bits per heavy atom. The molecule has 4 aliphatic rings. The number of nitrogens with one attached hydrogen (secondary N) is 2. The fourth-order valence-electron chi connectivity index (χ4n) is 7.76. The van der Waals surface area contributed by atoms with Gasteiger partial charge in [0.2, 0.25) is 5.91 Å². The number of nitrogens with zero attached hydrogens (tertiary/aromatic N) is 3. The zero-order chi connectivity index (χ0) is 28.1. The summed E-state index contributed by atoms with van der Waals surface area (Å²) >= 11 is 6.15. The topological polar surface area (TPSA) is 67.9 Å². The van der Waals surface area contributed by atoms with E-state index in [1.165, 1.54) is 32.1 Å². The molecule has 1 aliphatic carbocycles. The second-order valence-corrected chi connectivity index (χ2v) is 13.0. The lowest BCUT2D eigenvalue weighted by atomic mass is 9.91. The molecule has 5 rings (SSSR count). The molecule has 1 aromatic rings. The molecule has 1 saturated carbocycles. The van der Waals surface area contributed by atoms with Crippen molar-refractivity contribution in [1.82, 2.24) is 25.3 Å². The molecule has 1 aromatic carbocycles. The third-order valence-electron chi connectivity index (χ3n) is 9.95. The van der Waals surface area contributed by atoms with Crippen molar-refractivity contribution in [3.63, 3.8) is 0 Å². The molecule has 3 aliphatic heterocycles. The van der Waals surface area contributed by atoms with Crippen LogP contribution in [0.1, 0.15) is 90.0 Å². The first-order valence-electron chi connectivity index (χ1n) is 16.1. The van der Waals surface area contributed by atoms with Gasteiger partial charge in [0.1, 0.15) is 0 Å². The van der Waals surface area contributed by atoms with Gasteiger partial charge in [0, 0.05) is 61.4 Å². The molecule has 2 bridgehead atoms. The van der Waals surface area contributed by atoms with Crippen LogP contribution < -0.4 is 10.6 Å². The fraction of sp³-hybridized carbons (Fsp3) is 0.750. The standard InChI is InChI=1S/C32H50ClN5O2.ClH/c1-3-36(4-2)32(40)38(28-8-6-5-7-9-28)29-16-18-37(19-17-29)31(39)30(20-23-10-12-24(33)13-11-23)35-27-21-25-14-15-26(22-27)34-25;/h10-13,25-30,34-35H,3-9,14-22H2,1-2H3;1H/t25?,26?,27?,30-;/m1./s1. The number of piperidine rings is 2. The lowest BCUT2D eigenvalue weighted by Crippen LogP contribution is -2.59. The summed E-state index contributed by atoms with van der Waals surface area (Å²) in [6.45, 7) is 7.06. The monoisotopic (exact) mass is 607 g/mol. The molecule has 3 atom stereocenters. The van der Waals surface area contributed by atoms with Crippen molar-refractivity contribution >= 4 is 35.9 Å². The zero-order valence-corrected chi connectivity index (χ0v) is 26.6. The predicted octanol–water partition coefficient (Wildman–Crippen LogP) is 5.63. The highest BCUT2D eigenvalue weighted by atomic mass is 35.5. The van der Waals surface area contributed by atoms with Crippen LogP contribution in [0.2, 0.25) is 5.02 Å². The SMILES string of the molecule is CCN(CC)C(=O)N(C1CCCCC1)C1CCN(C(=O)[C@@H](Cc2ccc(Cl)cc2)NC2CC3CCC(C2)N3)CC1.Cl. The summed E-state index contributed by atoms with van der Waals surface area (Å²) in [5.74, 6) is 0.207. The van der Waals surface area contributed by atoms with Gasteiger partial charge in [-0.05, 0) is 89.3 Å². The molecule has 0 aromatic heterocycles. The summed E-state index contributed by atoms with van der Waals surface area (Å²) in [5.41, 5.74) is 1.13. The van der Waals surface area contributed by atoms with Gasteiger partial charge >= 0.3 is 6.03 Å². The number of rotatable bonds is 9. The van der Waals surface area contributed by atoms with Crippen molar-refractivity contribution in [2.24, 2.45) is 0 Å². The van der Waals surface area contributed by atoms with Crippen molar-refractivity contribution in [3.05, 3.63) is 34.9 Å². The van der Waals surface area contributed by atoms with E-state index in [4.69, 9.17) is 11.6 Å². The van der Waals surface area contributed by atoms with Crippen LogP contribution >= 0.6 is 24.0 Å². The maximum absolute atomic E-state index is 14.1. The van der Waals surface area contributed by atoms with Crippen molar-refractivity contribution < 1.29 is 9.59 Å². The number of fused-ring (bicyclic) bond motifs is 2. The van der Waals surface area contributed by atoms with Gasteiger partial charge in [-0.25, -0.2) is 4.79 Å². The number of likely N-dealkylation sites (tertiary alicyclic amines) is 1. The zero-order valence-electron chi connectivity index (χ0n) is 25.0. The Labute approximate surface area is 258 Å². The van der Waals surface area contributed by atoms with Crippen LogP contribution in [0.4, 0.5) is 4.79 Å². The largest absolute Gasteiger partial charge is 0.341 e. The van der Waals surface area contributed by atoms with E-state index in [1.807, 2.05) is 29.2 Å². The Kier molecular flexibility index (Phi) is 12.1. The van der Waals surface area contributed by atoms with Gasteiger partial charge < -0.3 is 25.3 Å². The van der Waals surface area contributed by atoms with E-state index in [2.05, 4.69) is 34.3 Å². The minimum absolute atomic E-state index is 0. The van der Waals surface area contributed by atoms with Crippen LogP contribution in [0.5, 0.6) is 0 Å². The molecule has 3 saturated heterocycles. The highest BCUT2D eigenvalue weighted by molar-refractivity contribution is 6.30. The van der Waals surface area contributed by atoms with Crippen LogP contribution in [0, 0.1) is 0 Å². The molecule has 9 heteroatoms. The summed E-state index contributed by atoms with van der Waals surface area (Å²) in [6, 6.07) is 9.95. The fourth-order valence-corrected chi connectivity index (χ4v) is 7.89. The first-order chi connectivity index (χ1) is 19.4. The summed E-state index contributed by atoms with van der Waals surface area (Å²) in [6.07, 6.45) is 13.0. The van der Waals surface area contributed by atoms with Gasteiger partial charge in [-0.2, -0.15) is 0 Å². The Morgan fingerprint density at radius 2 is 1.51 bits per heavy atom. The van der Waals surface area contributed by atoms with Crippen LogP contribution in [0.15, 0.2) is 24.3 Å². The molecule has 41 heavy (non-hydrogen) atoms. The highest BCUT2D eigenvalue weighted by Gasteiger charge is 2.39. The molecule has 3 heterocycles. The predicted molar refractivity (Wildman–Crippen MR) is 169 cm³/mol. The number of carbonyl (C=O) groups excluding carboxylic acids is 2. The van der Waals surface area contributed by atoms with E-state index < -0.39 is 0 Å². The van der Waals surface area contributed by atoms with E-state index in [9.17, 15) is 9.59 Å². The molecule has 0 spiro atoms. The van der Waals surface area contributed by atoms with Gasteiger partial charge in [-0.15, -0.1) is 12.4 Å². The Balaban J connectivity index is 0.00000387. The number of carbonyl (C=O) groups is 2. The summed E-state index contributed by atoms with van der Waals surface area (Å²) < 4.78 is 0. The second kappa shape index (κ2) is 15.3. The average molecular weight is 609 g/mol. The number of hydrogen-bond acceptors (Lipinski definition) is 4. The van der Waals surface area contributed by atoms with Gasteiger partial charge in [-0.3, -0.25) is 4.79 Å². The molecule has 3 amide bonds. The number of hydrogen-bond donors (Lipinski definition) is 2. The van der Waals surface area contributed by atoms with E-state index in [0.717, 1.165) is 62.2 Å². The summed E-state index contributed by atoms with van der Waals surface area (Å²) in [4.78, 5) is 34.0. The Hall–Kier alpha value is -1.54. The molecular weight excluding hydrogens is 557 g/mol. The van der Waals surface area contributed by atoms with E-state index in [0.29, 0.717) is 43.7 Å². The molecule has 7 nitrogen and oxygen atoms in total. The van der Waals surface area contributed by atoms with Crippen molar-refractivity contribution in [3.8, 4) is 0 Å². The van der Waals surface area contributed by atoms with Crippen LogP contribution in [-0.2, 0) is 11.2 Å². The molecule has 2 N–H and O–H groups in total. The third kappa shape index (κ3) is 8.10. The summed E-state index contributed by atoms with van der Waals surface area (Å²) in [5, 5.41) is 8.26. The number of amides is 3. The smallest absolute Gasteiger partial charge is 0.320 e. The van der Waals surface area contributed by atoms with Gasteiger partial charge in [0.05, 0.1) is 6.04 Å². The minimum atomic E-state index is -0.244. The molecule has 230 valence electrons. The number of benzene rings is 1. The number of urea groups is 1. The van der Waals surface area contributed by atoms with Crippen molar-refractivity contribution in [1.29, 1.82) is 0 Å². The van der Waals surface area contributed by atoms with Crippen molar-refractivity contribution in [2.75, 3.05) is 26.2 Å². The van der Waals surface area contributed by atoms with Crippen LogP contribution in [-0.4, -0.2) is 89.1 Å². The molecular formula is C32H51Cl2N5O2. The molecule has 4 fully saturated rings. The van der Waals surface area contributed by atoms with Crippen LogP contribution in [0.25, 0.3) is 0 Å². The Morgan fingerprint density at radius 1 is 0.927 bits per heavy atom. The average Bonchev–Trinajstić information content (AvgIpc) is 3.32. The lowest BCUT2D eigenvalue weighted by molar-refractivity contribution is -0.135. The Bertz CT molecular complexity index is 965. The van der Waals surface area contributed by atoms with Gasteiger partial charge in [0.15, 0.2) is 0 Å². The number of halogens is 2. The van der Waals surface area contributed by atoms with Gasteiger partial charge in [-0.1, -0.05) is 43.0 Å². The highest BCUT2D eigenvalue weighted by Crippen LogP contribution is 2.30. The summed E-state index contributed by atoms with van der Waals surface area (Å²) in [7, 11) is 0. The molecule has 0 radical (unpaired) electrons. The first kappa shape index (κ1) is 32.4. The lowest BCUT2D eigenvalue weighted by Gasteiger charge is -2.45. The first-order valence-corrected chi connectivity index (χ1v) is 16.5. The van der Waals surface area contributed by atoms with E-state index in [1.54, 1.807) is 0 Å². The maximum Gasteiger partial charge on any atom is 0.320 e. The molecule has 2 unspecified atom stereocenters.